The standard InChI is InChI=1S/C21H17FN2O3S2/c22-13-5-7-14(8-6-13)23-17(25)9-24-20-19(29-21(24)26)18-12(11-28-20)10-27-16-4-2-1-3-15(16)18/h1-8,12,18H,9-11H2,(H,23,25)/t12-,18-/m0/s1. The highest BCUT2D eigenvalue weighted by molar-refractivity contribution is 7.99. The molecule has 5 nitrogen and oxygen atoms in total. The smallest absolute Gasteiger partial charge is 0.308 e. The molecule has 1 N–H and O–H groups in total. The molecule has 2 aromatic carbocycles. The van der Waals surface area contributed by atoms with Crippen LogP contribution in [0.15, 0.2) is 58.4 Å². The summed E-state index contributed by atoms with van der Waals surface area (Å²) in [7, 11) is 0. The van der Waals surface area contributed by atoms with Gasteiger partial charge in [0.05, 0.1) is 11.6 Å². The van der Waals surface area contributed by atoms with E-state index >= 15 is 0 Å². The van der Waals surface area contributed by atoms with Crippen LogP contribution in [0.25, 0.3) is 0 Å². The Morgan fingerprint density at radius 2 is 2.00 bits per heavy atom. The van der Waals surface area contributed by atoms with Crippen molar-refractivity contribution in [3.63, 3.8) is 0 Å². The molecule has 0 saturated carbocycles. The maximum atomic E-state index is 13.0. The summed E-state index contributed by atoms with van der Waals surface area (Å²) in [6.07, 6.45) is 0. The zero-order valence-corrected chi connectivity index (χ0v) is 16.9. The molecule has 5 rings (SSSR count). The fourth-order valence-corrected chi connectivity index (χ4v) is 6.56. The van der Waals surface area contributed by atoms with Gasteiger partial charge in [0.2, 0.25) is 5.91 Å². The van der Waals surface area contributed by atoms with Gasteiger partial charge in [0.1, 0.15) is 18.1 Å². The van der Waals surface area contributed by atoms with Gasteiger partial charge >= 0.3 is 4.87 Å². The largest absolute Gasteiger partial charge is 0.493 e. The summed E-state index contributed by atoms with van der Waals surface area (Å²) in [5, 5.41) is 3.59. The second-order valence-corrected chi connectivity index (χ2v) is 9.08. The van der Waals surface area contributed by atoms with E-state index in [1.807, 2.05) is 18.2 Å². The molecule has 1 amide bonds. The quantitative estimate of drug-likeness (QED) is 0.687. The summed E-state index contributed by atoms with van der Waals surface area (Å²) >= 11 is 2.83. The van der Waals surface area contributed by atoms with Crippen LogP contribution >= 0.6 is 23.1 Å². The molecule has 0 aliphatic carbocycles. The monoisotopic (exact) mass is 428 g/mol. The number of thioether (sulfide) groups is 1. The number of rotatable bonds is 3. The van der Waals surface area contributed by atoms with E-state index in [2.05, 4.69) is 11.4 Å². The number of ether oxygens (including phenoxy) is 1. The maximum Gasteiger partial charge on any atom is 0.308 e. The number of nitrogens with zero attached hydrogens (tertiary/aromatic N) is 1. The molecule has 0 saturated heterocycles. The SMILES string of the molecule is O=C(Cn1c2c(sc1=O)[C@@H]1c3ccccc3OC[C@H]1CS2)Nc1ccc(F)cc1. The van der Waals surface area contributed by atoms with E-state index in [0.29, 0.717) is 18.2 Å². The molecule has 2 aliphatic rings. The van der Waals surface area contributed by atoms with Gasteiger partial charge in [0.25, 0.3) is 0 Å². The Kier molecular flexibility index (Phi) is 4.67. The van der Waals surface area contributed by atoms with Crippen LogP contribution in [-0.2, 0) is 11.3 Å². The van der Waals surface area contributed by atoms with Crippen molar-refractivity contribution in [2.75, 3.05) is 17.7 Å². The number of para-hydroxylation sites is 1. The van der Waals surface area contributed by atoms with Gasteiger partial charge in [0, 0.05) is 33.7 Å². The van der Waals surface area contributed by atoms with Crippen molar-refractivity contribution in [2.45, 2.75) is 17.5 Å². The van der Waals surface area contributed by atoms with E-state index in [4.69, 9.17) is 4.74 Å². The number of halogens is 1. The van der Waals surface area contributed by atoms with Crippen LogP contribution in [0.5, 0.6) is 5.75 Å². The molecule has 29 heavy (non-hydrogen) atoms. The van der Waals surface area contributed by atoms with Crippen LogP contribution < -0.4 is 14.9 Å². The van der Waals surface area contributed by atoms with Crippen molar-refractivity contribution < 1.29 is 13.9 Å². The van der Waals surface area contributed by atoms with Crippen molar-refractivity contribution in [3.8, 4) is 5.75 Å². The molecular weight excluding hydrogens is 411 g/mol. The van der Waals surface area contributed by atoms with Crippen LogP contribution in [0.1, 0.15) is 16.4 Å². The lowest BCUT2D eigenvalue weighted by Gasteiger charge is -2.36. The molecule has 0 radical (unpaired) electrons. The van der Waals surface area contributed by atoms with Gasteiger partial charge in [-0.15, -0.1) is 11.8 Å². The minimum Gasteiger partial charge on any atom is -0.493 e. The van der Waals surface area contributed by atoms with Crippen LogP contribution in [0.3, 0.4) is 0 Å². The van der Waals surface area contributed by atoms with Gasteiger partial charge in [-0.1, -0.05) is 29.5 Å². The van der Waals surface area contributed by atoms with Crippen molar-refractivity contribution >= 4 is 34.7 Å². The number of amides is 1. The molecule has 0 spiro atoms. The second kappa shape index (κ2) is 7.35. The Labute approximate surface area is 174 Å². The Bertz CT molecular complexity index is 1140. The fourth-order valence-electron chi connectivity index (χ4n) is 3.87. The summed E-state index contributed by atoms with van der Waals surface area (Å²) in [4.78, 5) is 26.1. The number of hydrogen-bond donors (Lipinski definition) is 1. The van der Waals surface area contributed by atoms with E-state index in [0.717, 1.165) is 27.0 Å². The molecule has 1 aromatic heterocycles. The summed E-state index contributed by atoms with van der Waals surface area (Å²) in [5.41, 5.74) is 1.61. The lowest BCUT2D eigenvalue weighted by atomic mass is 9.84. The molecule has 148 valence electrons. The van der Waals surface area contributed by atoms with Gasteiger partial charge in [0.15, 0.2) is 0 Å². The molecule has 2 atom stereocenters. The third kappa shape index (κ3) is 3.36. The number of benzene rings is 2. The third-order valence-electron chi connectivity index (χ3n) is 5.20. The van der Waals surface area contributed by atoms with E-state index in [1.165, 1.54) is 35.6 Å². The van der Waals surface area contributed by atoms with E-state index < -0.39 is 0 Å². The molecule has 8 heteroatoms. The first-order valence-electron chi connectivity index (χ1n) is 9.23. The maximum absolute atomic E-state index is 13.0. The fraction of sp³-hybridized carbons (Fsp3) is 0.238. The highest BCUT2D eigenvalue weighted by Gasteiger charge is 2.39. The summed E-state index contributed by atoms with van der Waals surface area (Å²) < 4.78 is 20.5. The van der Waals surface area contributed by atoms with Gasteiger partial charge < -0.3 is 10.1 Å². The highest BCUT2D eigenvalue weighted by atomic mass is 32.2. The first kappa shape index (κ1) is 18.4. The van der Waals surface area contributed by atoms with Gasteiger partial charge in [-0.05, 0) is 30.3 Å². The lowest BCUT2D eigenvalue weighted by Crippen LogP contribution is -2.31. The molecule has 3 heterocycles. The molecule has 0 fully saturated rings. The number of thiazole rings is 1. The molecule has 3 aromatic rings. The Balaban J connectivity index is 1.44. The van der Waals surface area contributed by atoms with Crippen LogP contribution in [0.2, 0.25) is 0 Å². The zero-order chi connectivity index (χ0) is 20.0. The van der Waals surface area contributed by atoms with Crippen LogP contribution in [0, 0.1) is 11.7 Å². The minimum atomic E-state index is -0.367. The molecule has 0 unspecified atom stereocenters. The predicted molar refractivity (Wildman–Crippen MR) is 112 cm³/mol. The second-order valence-electron chi connectivity index (χ2n) is 7.08. The average Bonchev–Trinajstić information content (AvgIpc) is 3.04. The normalized spacial score (nSPS) is 19.5. The van der Waals surface area contributed by atoms with Gasteiger partial charge in [-0.25, -0.2) is 4.39 Å². The summed E-state index contributed by atoms with van der Waals surface area (Å²) in [5.74, 6) is 1.45. The Morgan fingerprint density at radius 3 is 2.83 bits per heavy atom. The first-order valence-corrected chi connectivity index (χ1v) is 11.0. The highest BCUT2D eigenvalue weighted by Crippen LogP contribution is 2.50. The van der Waals surface area contributed by atoms with E-state index in [1.54, 1.807) is 16.3 Å². The van der Waals surface area contributed by atoms with Crippen molar-refractivity contribution in [3.05, 3.63) is 74.5 Å². The lowest BCUT2D eigenvalue weighted by molar-refractivity contribution is -0.116. The van der Waals surface area contributed by atoms with E-state index in [9.17, 15) is 14.0 Å². The average molecular weight is 429 g/mol. The predicted octanol–water partition coefficient (Wildman–Crippen LogP) is 3.93. The van der Waals surface area contributed by atoms with Gasteiger partial charge in [-0.3, -0.25) is 14.2 Å². The minimum absolute atomic E-state index is 0.0649. The number of hydrogen-bond acceptors (Lipinski definition) is 5. The topological polar surface area (TPSA) is 60.3 Å². The number of aromatic nitrogens is 1. The molecule has 0 bridgehead atoms. The van der Waals surface area contributed by atoms with Crippen molar-refractivity contribution in [1.29, 1.82) is 0 Å². The van der Waals surface area contributed by atoms with Crippen molar-refractivity contribution in [2.24, 2.45) is 5.92 Å². The van der Waals surface area contributed by atoms with Crippen LogP contribution in [-0.4, -0.2) is 22.8 Å². The zero-order valence-electron chi connectivity index (χ0n) is 15.3. The Hall–Kier alpha value is -2.58. The van der Waals surface area contributed by atoms with Crippen molar-refractivity contribution in [1.82, 2.24) is 4.57 Å². The Morgan fingerprint density at radius 1 is 1.21 bits per heavy atom. The first-order chi connectivity index (χ1) is 14.1. The molecule has 2 aliphatic heterocycles. The number of carbonyl (C=O) groups excluding carboxylic acids is 1. The number of nitrogens with one attached hydrogen (secondary N) is 1. The third-order valence-corrected chi connectivity index (χ3v) is 7.70. The van der Waals surface area contributed by atoms with Crippen LogP contribution in [0.4, 0.5) is 10.1 Å². The number of carbonyl (C=O) groups is 1. The van der Waals surface area contributed by atoms with Gasteiger partial charge in [-0.2, -0.15) is 0 Å². The summed E-state index contributed by atoms with van der Waals surface area (Å²) in [6.45, 7) is 0.565. The van der Waals surface area contributed by atoms with E-state index in [-0.39, 0.29) is 29.1 Å². The number of anilines is 1. The number of fused-ring (bicyclic) bond motifs is 5. The molecular formula is C21H17FN2O3S2. The summed E-state index contributed by atoms with van der Waals surface area (Å²) in [6, 6.07) is 13.5.